The van der Waals surface area contributed by atoms with Gasteiger partial charge in [0.2, 0.25) is 0 Å². The van der Waals surface area contributed by atoms with Gasteiger partial charge in [-0.05, 0) is 23.8 Å². The number of aliphatic hydroxyl groups is 1. The van der Waals surface area contributed by atoms with Gasteiger partial charge in [0.15, 0.2) is 0 Å². The van der Waals surface area contributed by atoms with E-state index in [0.29, 0.717) is 27.6 Å². The Morgan fingerprint density at radius 1 is 1.31 bits per heavy atom. The van der Waals surface area contributed by atoms with E-state index in [1.54, 1.807) is 18.2 Å². The molecule has 0 saturated carbocycles. The molecule has 0 spiro atoms. The number of nitrogens with one attached hydrogen (secondary N) is 2. The van der Waals surface area contributed by atoms with Crippen molar-refractivity contribution in [1.29, 1.82) is 0 Å². The molecule has 1 amide bonds. The van der Waals surface area contributed by atoms with Crippen LogP contribution in [0.4, 0.5) is 0 Å². The average molecular weight is 372 g/mol. The Balaban J connectivity index is 1.86. The van der Waals surface area contributed by atoms with Gasteiger partial charge in [-0.25, -0.2) is 0 Å². The molecule has 0 aliphatic heterocycles. The summed E-state index contributed by atoms with van der Waals surface area (Å²) in [5, 5.41) is 19.7. The van der Waals surface area contributed by atoms with Crippen LogP contribution in [0.3, 0.4) is 0 Å². The monoisotopic (exact) mass is 371 g/mol. The van der Waals surface area contributed by atoms with E-state index in [1.807, 2.05) is 30.3 Å². The Labute approximate surface area is 155 Å². The molecule has 26 heavy (non-hydrogen) atoms. The molecule has 0 bridgehead atoms. The maximum absolute atomic E-state index is 12.7. The number of aromatic nitrogens is 2. The number of ether oxygens (including phenoxy) is 1. The molecule has 7 heteroatoms. The number of nitrogens with zero attached hydrogens (tertiary/aromatic N) is 1. The maximum atomic E-state index is 12.7. The van der Waals surface area contributed by atoms with Crippen LogP contribution in [0.15, 0.2) is 54.7 Å². The second-order valence-corrected chi connectivity index (χ2v) is 6.03. The zero-order valence-corrected chi connectivity index (χ0v) is 14.8. The summed E-state index contributed by atoms with van der Waals surface area (Å²) >= 11 is 6.17. The van der Waals surface area contributed by atoms with Crippen molar-refractivity contribution in [3.63, 3.8) is 0 Å². The third kappa shape index (κ3) is 3.71. The highest BCUT2D eigenvalue weighted by molar-refractivity contribution is 6.32. The Hall–Kier alpha value is -2.83. The highest BCUT2D eigenvalue weighted by Gasteiger charge is 2.20. The van der Waals surface area contributed by atoms with Crippen molar-refractivity contribution < 1.29 is 14.6 Å². The summed E-state index contributed by atoms with van der Waals surface area (Å²) in [5.41, 5.74) is 2.43. The summed E-state index contributed by atoms with van der Waals surface area (Å²) in [6.45, 7) is -0.211. The number of rotatable bonds is 6. The summed E-state index contributed by atoms with van der Waals surface area (Å²) in [6.07, 6.45) is 1.45. The molecule has 1 heterocycles. The van der Waals surface area contributed by atoms with Crippen molar-refractivity contribution in [2.24, 2.45) is 0 Å². The minimum Gasteiger partial charge on any atom is -0.495 e. The number of hydrogen-bond acceptors (Lipinski definition) is 4. The third-order valence-electron chi connectivity index (χ3n) is 4.01. The molecule has 1 aromatic heterocycles. The van der Waals surface area contributed by atoms with Gasteiger partial charge in [-0.3, -0.25) is 9.89 Å². The first-order chi connectivity index (χ1) is 12.6. The van der Waals surface area contributed by atoms with Crippen LogP contribution in [-0.2, 0) is 0 Å². The molecule has 0 radical (unpaired) electrons. The maximum Gasteiger partial charge on any atom is 0.255 e. The number of methoxy groups -OCH3 is 1. The first-order valence-electron chi connectivity index (χ1n) is 7.98. The van der Waals surface area contributed by atoms with Gasteiger partial charge in [0.25, 0.3) is 5.91 Å². The van der Waals surface area contributed by atoms with Crippen molar-refractivity contribution in [3.8, 4) is 17.0 Å². The smallest absolute Gasteiger partial charge is 0.255 e. The van der Waals surface area contributed by atoms with Gasteiger partial charge in [0.1, 0.15) is 5.75 Å². The second-order valence-electron chi connectivity index (χ2n) is 5.63. The summed E-state index contributed by atoms with van der Waals surface area (Å²) in [6, 6.07) is 14.0. The number of aromatic amines is 1. The standard InChI is InChI=1S/C19H18ClN3O3/c1-26-17-8-7-13(9-15(17)20)18-14(10-21-23-18)19(25)22-16(11-24)12-5-3-2-4-6-12/h2-10,16,24H,11H2,1H3,(H,21,23)(H,22,25)/t16-/m1/s1. The second kappa shape index (κ2) is 8.03. The Kier molecular flexibility index (Phi) is 5.55. The highest BCUT2D eigenvalue weighted by Crippen LogP contribution is 2.30. The molecule has 6 nitrogen and oxygen atoms in total. The minimum absolute atomic E-state index is 0.211. The first-order valence-corrected chi connectivity index (χ1v) is 8.35. The predicted molar refractivity (Wildman–Crippen MR) is 99.3 cm³/mol. The number of benzene rings is 2. The van der Waals surface area contributed by atoms with E-state index in [0.717, 1.165) is 5.56 Å². The lowest BCUT2D eigenvalue weighted by molar-refractivity contribution is 0.0917. The molecule has 2 aromatic carbocycles. The SMILES string of the molecule is COc1ccc(-c2[nH]ncc2C(=O)N[C@H](CO)c2ccccc2)cc1Cl. The van der Waals surface area contributed by atoms with Crippen LogP contribution in [0.2, 0.25) is 5.02 Å². The van der Waals surface area contributed by atoms with Crippen molar-refractivity contribution in [3.05, 3.63) is 70.9 Å². The summed E-state index contributed by atoms with van der Waals surface area (Å²) in [5.74, 6) is 0.203. The molecule has 0 unspecified atom stereocenters. The molecule has 1 atom stereocenters. The van der Waals surface area contributed by atoms with E-state index >= 15 is 0 Å². The topological polar surface area (TPSA) is 87.2 Å². The van der Waals surface area contributed by atoms with Crippen LogP contribution in [-0.4, -0.2) is 34.9 Å². The van der Waals surface area contributed by atoms with Gasteiger partial charge in [0, 0.05) is 5.56 Å². The van der Waals surface area contributed by atoms with Gasteiger partial charge in [-0.15, -0.1) is 0 Å². The minimum atomic E-state index is -0.508. The average Bonchev–Trinajstić information content (AvgIpc) is 3.16. The summed E-state index contributed by atoms with van der Waals surface area (Å²) in [7, 11) is 1.54. The lowest BCUT2D eigenvalue weighted by Gasteiger charge is -2.16. The fraction of sp³-hybridized carbons (Fsp3) is 0.158. The van der Waals surface area contributed by atoms with Crippen LogP contribution in [0.5, 0.6) is 5.75 Å². The summed E-state index contributed by atoms with van der Waals surface area (Å²) in [4.78, 5) is 12.7. The normalized spacial score (nSPS) is 11.8. The molecule has 0 aliphatic carbocycles. The number of amides is 1. The van der Waals surface area contributed by atoms with Crippen molar-refractivity contribution in [2.45, 2.75) is 6.04 Å². The lowest BCUT2D eigenvalue weighted by Crippen LogP contribution is -2.30. The molecular weight excluding hydrogens is 354 g/mol. The van der Waals surface area contributed by atoms with Crippen LogP contribution >= 0.6 is 11.6 Å². The number of H-pyrrole nitrogens is 1. The largest absolute Gasteiger partial charge is 0.495 e. The van der Waals surface area contributed by atoms with Crippen LogP contribution in [0.25, 0.3) is 11.3 Å². The van der Waals surface area contributed by atoms with Gasteiger partial charge < -0.3 is 15.2 Å². The molecular formula is C19H18ClN3O3. The van der Waals surface area contributed by atoms with Crippen molar-refractivity contribution in [2.75, 3.05) is 13.7 Å². The van der Waals surface area contributed by atoms with E-state index in [-0.39, 0.29) is 12.5 Å². The Morgan fingerprint density at radius 3 is 2.73 bits per heavy atom. The van der Waals surface area contributed by atoms with E-state index < -0.39 is 6.04 Å². The number of carbonyl (C=O) groups is 1. The van der Waals surface area contributed by atoms with Gasteiger partial charge in [-0.1, -0.05) is 41.9 Å². The van der Waals surface area contributed by atoms with E-state index in [9.17, 15) is 9.90 Å². The zero-order valence-electron chi connectivity index (χ0n) is 14.1. The van der Waals surface area contributed by atoms with Crippen molar-refractivity contribution >= 4 is 17.5 Å². The number of carbonyl (C=O) groups excluding carboxylic acids is 1. The number of halogens is 1. The summed E-state index contributed by atoms with van der Waals surface area (Å²) < 4.78 is 5.15. The third-order valence-corrected chi connectivity index (χ3v) is 4.31. The molecule has 0 saturated heterocycles. The van der Waals surface area contributed by atoms with Gasteiger partial charge in [0.05, 0.1) is 42.2 Å². The van der Waals surface area contributed by atoms with Crippen LogP contribution in [0.1, 0.15) is 22.0 Å². The Bertz CT molecular complexity index is 896. The quantitative estimate of drug-likeness (QED) is 0.621. The van der Waals surface area contributed by atoms with Gasteiger partial charge in [-0.2, -0.15) is 5.10 Å². The zero-order chi connectivity index (χ0) is 18.5. The first kappa shape index (κ1) is 18.0. The van der Waals surface area contributed by atoms with Crippen molar-refractivity contribution in [1.82, 2.24) is 15.5 Å². The number of aliphatic hydroxyl groups excluding tert-OH is 1. The Morgan fingerprint density at radius 2 is 2.08 bits per heavy atom. The molecule has 3 aromatic rings. The molecule has 3 rings (SSSR count). The van der Waals surface area contributed by atoms with E-state index in [4.69, 9.17) is 16.3 Å². The fourth-order valence-electron chi connectivity index (χ4n) is 2.66. The molecule has 134 valence electrons. The lowest BCUT2D eigenvalue weighted by atomic mass is 10.1. The molecule has 0 fully saturated rings. The highest BCUT2D eigenvalue weighted by atomic mass is 35.5. The molecule has 3 N–H and O–H groups in total. The van der Waals surface area contributed by atoms with E-state index in [2.05, 4.69) is 15.5 Å². The van der Waals surface area contributed by atoms with E-state index in [1.165, 1.54) is 13.3 Å². The van der Waals surface area contributed by atoms with Crippen LogP contribution < -0.4 is 10.1 Å². The van der Waals surface area contributed by atoms with Gasteiger partial charge >= 0.3 is 0 Å². The molecule has 0 aliphatic rings. The predicted octanol–water partition coefficient (Wildman–Crippen LogP) is 3.20. The van der Waals surface area contributed by atoms with Crippen LogP contribution in [0, 0.1) is 0 Å². The fourth-order valence-corrected chi connectivity index (χ4v) is 2.91. The number of hydrogen-bond donors (Lipinski definition) is 3.